The van der Waals surface area contributed by atoms with Gasteiger partial charge in [0.2, 0.25) is 11.8 Å². The molecule has 2 aromatic rings. The minimum absolute atomic E-state index is 0.0732. The molecule has 0 aliphatic carbocycles. The molecule has 0 atom stereocenters. The van der Waals surface area contributed by atoms with E-state index in [1.54, 1.807) is 9.80 Å². The summed E-state index contributed by atoms with van der Waals surface area (Å²) in [6.45, 7) is 3.04. The fourth-order valence-electron chi connectivity index (χ4n) is 2.72. The van der Waals surface area contributed by atoms with E-state index in [1.807, 2.05) is 31.2 Å². The third-order valence-electron chi connectivity index (χ3n) is 4.08. The van der Waals surface area contributed by atoms with Gasteiger partial charge in [0.15, 0.2) is 0 Å². The molecule has 1 fully saturated rings. The highest BCUT2D eigenvalue weighted by molar-refractivity contribution is 5.97. The lowest BCUT2D eigenvalue weighted by atomic mass is 10.1. The van der Waals surface area contributed by atoms with Crippen LogP contribution in [0.4, 0.5) is 5.69 Å². The Balaban J connectivity index is 1.56. The van der Waals surface area contributed by atoms with Crippen LogP contribution in [0.2, 0.25) is 0 Å². The van der Waals surface area contributed by atoms with E-state index >= 15 is 0 Å². The number of aryl methyl sites for hydroxylation is 2. The largest absolute Gasteiger partial charge is 0.384 e. The molecule has 1 aliphatic heterocycles. The predicted molar refractivity (Wildman–Crippen MR) is 87.8 cm³/mol. The molecule has 2 heterocycles. The number of benzene rings is 1. The molecule has 1 aromatic carbocycles. The zero-order valence-electron chi connectivity index (χ0n) is 13.4. The number of hydrogen-bond donors (Lipinski definition) is 1. The summed E-state index contributed by atoms with van der Waals surface area (Å²) in [4.78, 5) is 38.8. The Hall–Kier alpha value is -2.83. The van der Waals surface area contributed by atoms with Gasteiger partial charge >= 0.3 is 0 Å². The quantitative estimate of drug-likeness (QED) is 0.909. The molecular weight excluding hydrogens is 310 g/mol. The fraction of sp³-hybridized carbons (Fsp3) is 0.353. The highest BCUT2D eigenvalue weighted by atomic mass is 16.5. The van der Waals surface area contributed by atoms with Crippen LogP contribution in [0, 0.1) is 6.92 Å². The minimum atomic E-state index is -0.320. The molecule has 0 unspecified atom stereocenters. The zero-order valence-corrected chi connectivity index (χ0v) is 13.4. The van der Waals surface area contributed by atoms with Crippen molar-refractivity contribution in [2.24, 2.45) is 0 Å². The number of nitrogens with zero attached hydrogens (tertiary/aromatic N) is 2. The number of anilines is 1. The number of amides is 2. The number of carbonyl (C=O) groups is 2. The van der Waals surface area contributed by atoms with Gasteiger partial charge in [0.1, 0.15) is 12.3 Å². The summed E-state index contributed by atoms with van der Waals surface area (Å²) in [5, 5.41) is 2.19. The van der Waals surface area contributed by atoms with E-state index in [9.17, 15) is 14.4 Å². The number of carbonyl (C=O) groups excluding carboxylic acids is 2. The van der Waals surface area contributed by atoms with Gasteiger partial charge in [0.05, 0.1) is 0 Å². The van der Waals surface area contributed by atoms with E-state index in [2.05, 4.69) is 5.16 Å². The topological polar surface area (TPSA) is 86.6 Å². The molecule has 0 radical (unpaired) electrons. The third-order valence-corrected chi connectivity index (χ3v) is 4.08. The zero-order chi connectivity index (χ0) is 17.1. The van der Waals surface area contributed by atoms with Crippen molar-refractivity contribution in [3.8, 4) is 0 Å². The number of aromatic amines is 1. The summed E-state index contributed by atoms with van der Waals surface area (Å²) in [5.41, 5.74) is 1.67. The van der Waals surface area contributed by atoms with Crippen molar-refractivity contribution < 1.29 is 14.1 Å². The van der Waals surface area contributed by atoms with Crippen molar-refractivity contribution in [3.63, 3.8) is 0 Å². The van der Waals surface area contributed by atoms with Gasteiger partial charge in [-0.2, -0.15) is 5.16 Å². The van der Waals surface area contributed by atoms with E-state index in [1.165, 1.54) is 6.07 Å². The van der Waals surface area contributed by atoms with Crippen LogP contribution in [0.25, 0.3) is 0 Å². The van der Waals surface area contributed by atoms with Crippen LogP contribution in [0.15, 0.2) is 39.6 Å². The lowest BCUT2D eigenvalue weighted by Crippen LogP contribution is -2.52. The number of nitrogens with one attached hydrogen (secondary N) is 1. The first-order chi connectivity index (χ1) is 11.5. The molecular formula is C17H19N3O4. The maximum absolute atomic E-state index is 12.3. The lowest BCUT2D eigenvalue weighted by Gasteiger charge is -2.34. The van der Waals surface area contributed by atoms with Crippen molar-refractivity contribution in [2.75, 3.05) is 24.5 Å². The fourth-order valence-corrected chi connectivity index (χ4v) is 2.72. The Labute approximate surface area is 138 Å². The van der Waals surface area contributed by atoms with Gasteiger partial charge in [-0.15, -0.1) is 0 Å². The van der Waals surface area contributed by atoms with E-state index in [0.29, 0.717) is 25.3 Å². The molecule has 0 bridgehead atoms. The summed E-state index contributed by atoms with van der Waals surface area (Å²) < 4.78 is 4.92. The monoisotopic (exact) mass is 329 g/mol. The van der Waals surface area contributed by atoms with Crippen molar-refractivity contribution >= 4 is 17.5 Å². The Morgan fingerprint density at radius 1 is 1.21 bits per heavy atom. The first kappa shape index (κ1) is 16.0. The second kappa shape index (κ2) is 6.74. The smallest absolute Gasteiger partial charge is 0.280 e. The van der Waals surface area contributed by atoms with E-state index in [-0.39, 0.29) is 30.3 Å². The Bertz CT molecular complexity index is 791. The summed E-state index contributed by atoms with van der Waals surface area (Å²) in [5.74, 6) is 0.236. The normalized spacial score (nSPS) is 15.0. The first-order valence-corrected chi connectivity index (χ1v) is 7.85. The molecule has 1 aliphatic rings. The van der Waals surface area contributed by atoms with Gasteiger partial charge in [0.25, 0.3) is 5.56 Å². The highest BCUT2D eigenvalue weighted by Gasteiger charge is 2.27. The van der Waals surface area contributed by atoms with Crippen LogP contribution in [0.3, 0.4) is 0 Å². The lowest BCUT2D eigenvalue weighted by molar-refractivity contribution is -0.136. The van der Waals surface area contributed by atoms with Gasteiger partial charge in [0, 0.05) is 37.7 Å². The average molecular weight is 329 g/mol. The summed E-state index contributed by atoms with van der Waals surface area (Å²) in [6, 6.07) is 9.08. The predicted octanol–water partition coefficient (Wildman–Crippen LogP) is 1.08. The van der Waals surface area contributed by atoms with Crippen LogP contribution < -0.4 is 10.5 Å². The molecule has 7 nitrogen and oxygen atoms in total. The molecule has 2 amide bonds. The molecule has 1 saturated heterocycles. The Morgan fingerprint density at radius 3 is 2.58 bits per heavy atom. The standard InChI is InChI=1S/C17H19N3O4/c1-12-2-4-13(5-3-12)20-9-8-19(11-17(20)23)16(22)7-6-14-10-15(21)18-24-14/h2-5,10H,6-9,11H2,1H3,(H,18,21). The number of hydrogen-bond acceptors (Lipinski definition) is 4. The van der Waals surface area contributed by atoms with Gasteiger partial charge in [-0.05, 0) is 19.1 Å². The first-order valence-electron chi connectivity index (χ1n) is 7.85. The molecule has 24 heavy (non-hydrogen) atoms. The van der Waals surface area contributed by atoms with Crippen molar-refractivity contribution in [3.05, 3.63) is 52.0 Å². The van der Waals surface area contributed by atoms with Crippen LogP contribution in [-0.2, 0) is 16.0 Å². The third kappa shape index (κ3) is 3.56. The number of aromatic nitrogens is 1. The number of H-pyrrole nitrogens is 1. The number of piperazine rings is 1. The van der Waals surface area contributed by atoms with Crippen LogP contribution in [-0.4, -0.2) is 41.5 Å². The molecule has 1 aromatic heterocycles. The molecule has 3 rings (SSSR count). The van der Waals surface area contributed by atoms with Crippen molar-refractivity contribution in [1.29, 1.82) is 0 Å². The second-order valence-corrected chi connectivity index (χ2v) is 5.88. The SMILES string of the molecule is Cc1ccc(N2CCN(C(=O)CCc3cc(=O)[nH]o3)CC2=O)cc1. The van der Waals surface area contributed by atoms with E-state index < -0.39 is 0 Å². The van der Waals surface area contributed by atoms with Gasteiger partial charge in [-0.1, -0.05) is 17.7 Å². The molecule has 0 saturated carbocycles. The molecule has 0 spiro atoms. The molecule has 7 heteroatoms. The minimum Gasteiger partial charge on any atom is -0.384 e. The summed E-state index contributed by atoms with van der Waals surface area (Å²) in [6.07, 6.45) is 0.544. The Morgan fingerprint density at radius 2 is 1.96 bits per heavy atom. The van der Waals surface area contributed by atoms with Gasteiger partial charge in [-0.3, -0.25) is 14.4 Å². The molecule has 1 N–H and O–H groups in total. The average Bonchev–Trinajstić information content (AvgIpc) is 2.99. The van der Waals surface area contributed by atoms with Crippen molar-refractivity contribution in [1.82, 2.24) is 10.1 Å². The summed E-state index contributed by atoms with van der Waals surface area (Å²) in [7, 11) is 0. The van der Waals surface area contributed by atoms with Crippen LogP contribution in [0.1, 0.15) is 17.7 Å². The highest BCUT2D eigenvalue weighted by Crippen LogP contribution is 2.18. The van der Waals surface area contributed by atoms with Crippen LogP contribution >= 0.6 is 0 Å². The molecule has 126 valence electrons. The summed E-state index contributed by atoms with van der Waals surface area (Å²) >= 11 is 0. The van der Waals surface area contributed by atoms with Crippen LogP contribution in [0.5, 0.6) is 0 Å². The maximum Gasteiger partial charge on any atom is 0.280 e. The van der Waals surface area contributed by atoms with E-state index in [4.69, 9.17) is 4.52 Å². The van der Waals surface area contributed by atoms with Crippen molar-refractivity contribution in [2.45, 2.75) is 19.8 Å². The Kier molecular flexibility index (Phi) is 4.50. The van der Waals surface area contributed by atoms with Gasteiger partial charge in [-0.25, -0.2) is 0 Å². The maximum atomic E-state index is 12.3. The second-order valence-electron chi connectivity index (χ2n) is 5.88. The number of rotatable bonds is 4. The van der Waals surface area contributed by atoms with E-state index in [0.717, 1.165) is 11.3 Å². The van der Waals surface area contributed by atoms with Gasteiger partial charge < -0.3 is 14.3 Å².